The van der Waals surface area contributed by atoms with Gasteiger partial charge in [-0.2, -0.15) is 0 Å². The summed E-state index contributed by atoms with van der Waals surface area (Å²) in [7, 11) is 0. The molecule has 0 fully saturated rings. The third-order valence-corrected chi connectivity index (χ3v) is 7.05. The zero-order valence-electron chi connectivity index (χ0n) is 21.7. The summed E-state index contributed by atoms with van der Waals surface area (Å²) in [6.07, 6.45) is 8.01. The summed E-state index contributed by atoms with van der Waals surface area (Å²) in [6, 6.07) is 34.3. The Morgan fingerprint density at radius 3 is 2.16 bits per heavy atom. The van der Waals surface area contributed by atoms with E-state index >= 15 is 0 Å². The lowest BCUT2D eigenvalue weighted by molar-refractivity contribution is 0.306. The average molecular weight is 489 g/mol. The van der Waals surface area contributed by atoms with Gasteiger partial charge >= 0.3 is 0 Å². The van der Waals surface area contributed by atoms with E-state index in [1.165, 1.54) is 58.5 Å². The van der Waals surface area contributed by atoms with E-state index in [1.807, 2.05) is 0 Å². The number of anilines is 3. The highest BCUT2D eigenvalue weighted by Gasteiger charge is 2.22. The van der Waals surface area contributed by atoms with Crippen molar-refractivity contribution in [2.75, 3.05) is 23.8 Å². The van der Waals surface area contributed by atoms with Crippen LogP contribution < -0.4 is 15.4 Å². The normalized spacial score (nSPS) is 12.3. The maximum Gasteiger partial charge on any atom is 0.144 e. The van der Waals surface area contributed by atoms with Crippen molar-refractivity contribution >= 4 is 28.7 Å². The minimum Gasteiger partial charge on any atom is -0.491 e. The Morgan fingerprint density at radius 2 is 1.51 bits per heavy atom. The van der Waals surface area contributed by atoms with Crippen molar-refractivity contribution in [2.24, 2.45) is 0 Å². The van der Waals surface area contributed by atoms with Gasteiger partial charge in [-0.15, -0.1) is 0 Å². The molecular formula is C34H36N2O. The van der Waals surface area contributed by atoms with Gasteiger partial charge in [-0.3, -0.25) is 0 Å². The monoisotopic (exact) mass is 488 g/mol. The lowest BCUT2D eigenvalue weighted by atomic mass is 9.96. The Morgan fingerprint density at radius 1 is 0.838 bits per heavy atom. The van der Waals surface area contributed by atoms with Crippen LogP contribution in [-0.4, -0.2) is 13.2 Å². The standard InChI is InChI=1S/C34H36N2O/c1-2-3-4-11-22-37-34-25-33-29(24-32(34)35)20-21-36(33)30-18-16-26(17-19-30)23-31(27-12-7-5-8-13-27)28-14-9-6-10-15-28/h5-10,12-19,23-25H,2-4,11,20-22,35H2,1H3. The Bertz CT molecular complexity index is 1290. The molecule has 1 aliphatic rings. The fourth-order valence-electron chi connectivity index (χ4n) is 5.03. The molecule has 188 valence electrons. The topological polar surface area (TPSA) is 38.5 Å². The fourth-order valence-corrected chi connectivity index (χ4v) is 5.03. The summed E-state index contributed by atoms with van der Waals surface area (Å²) in [4.78, 5) is 2.38. The molecule has 0 bridgehead atoms. The summed E-state index contributed by atoms with van der Waals surface area (Å²) in [5.41, 5.74) is 15.6. The Labute approximate surface area is 221 Å². The van der Waals surface area contributed by atoms with Crippen LogP contribution in [-0.2, 0) is 6.42 Å². The second-order valence-electron chi connectivity index (χ2n) is 9.71. The van der Waals surface area contributed by atoms with Gasteiger partial charge in [0, 0.05) is 24.0 Å². The molecule has 0 atom stereocenters. The minimum atomic E-state index is 0.717. The van der Waals surface area contributed by atoms with E-state index in [0.29, 0.717) is 0 Å². The summed E-state index contributed by atoms with van der Waals surface area (Å²) >= 11 is 0. The SMILES string of the molecule is CCCCCCOc1cc2c(cc1N)CCN2c1ccc(C=C(c2ccccc2)c2ccccc2)cc1. The first kappa shape index (κ1) is 24.7. The highest BCUT2D eigenvalue weighted by atomic mass is 16.5. The molecule has 1 aliphatic heterocycles. The van der Waals surface area contributed by atoms with E-state index in [4.69, 9.17) is 10.5 Å². The molecule has 3 nitrogen and oxygen atoms in total. The number of hydrogen-bond donors (Lipinski definition) is 1. The second kappa shape index (κ2) is 11.8. The second-order valence-corrected chi connectivity index (χ2v) is 9.71. The predicted octanol–water partition coefficient (Wildman–Crippen LogP) is 8.51. The zero-order chi connectivity index (χ0) is 25.5. The van der Waals surface area contributed by atoms with Gasteiger partial charge < -0.3 is 15.4 Å². The molecule has 0 radical (unpaired) electrons. The first-order valence-corrected chi connectivity index (χ1v) is 13.5. The molecule has 0 spiro atoms. The number of nitrogen functional groups attached to an aromatic ring is 1. The van der Waals surface area contributed by atoms with Crippen molar-refractivity contribution in [3.63, 3.8) is 0 Å². The summed E-state index contributed by atoms with van der Waals surface area (Å²) in [5, 5.41) is 0. The van der Waals surface area contributed by atoms with Gasteiger partial charge in [-0.25, -0.2) is 0 Å². The number of ether oxygens (including phenoxy) is 1. The van der Waals surface area contributed by atoms with E-state index in [0.717, 1.165) is 37.4 Å². The minimum absolute atomic E-state index is 0.717. The molecule has 0 aliphatic carbocycles. The van der Waals surface area contributed by atoms with Crippen LogP contribution in [0.2, 0.25) is 0 Å². The Balaban J connectivity index is 1.37. The molecule has 37 heavy (non-hydrogen) atoms. The van der Waals surface area contributed by atoms with Crippen LogP contribution in [0.3, 0.4) is 0 Å². The van der Waals surface area contributed by atoms with E-state index in [-0.39, 0.29) is 0 Å². The number of nitrogens with two attached hydrogens (primary N) is 1. The average Bonchev–Trinajstić information content (AvgIpc) is 3.35. The molecule has 4 aromatic carbocycles. The van der Waals surface area contributed by atoms with Crippen LogP contribution in [0.1, 0.15) is 54.9 Å². The number of benzene rings is 4. The van der Waals surface area contributed by atoms with Gasteiger partial charge in [0.05, 0.1) is 12.3 Å². The predicted molar refractivity (Wildman–Crippen MR) is 158 cm³/mol. The van der Waals surface area contributed by atoms with Crippen LogP contribution in [0.5, 0.6) is 5.75 Å². The number of hydrogen-bond acceptors (Lipinski definition) is 3. The number of fused-ring (bicyclic) bond motifs is 1. The third kappa shape index (κ3) is 5.89. The molecule has 0 unspecified atom stereocenters. The molecule has 1 heterocycles. The van der Waals surface area contributed by atoms with Gasteiger partial charge in [0.25, 0.3) is 0 Å². The largest absolute Gasteiger partial charge is 0.491 e. The van der Waals surface area contributed by atoms with Crippen LogP contribution >= 0.6 is 0 Å². The van der Waals surface area contributed by atoms with Crippen molar-refractivity contribution in [3.8, 4) is 5.75 Å². The molecular weight excluding hydrogens is 452 g/mol. The lowest BCUT2D eigenvalue weighted by Crippen LogP contribution is -2.13. The Hall–Kier alpha value is -3.98. The van der Waals surface area contributed by atoms with Crippen molar-refractivity contribution in [2.45, 2.75) is 39.0 Å². The molecule has 4 aromatic rings. The highest BCUT2D eigenvalue weighted by Crippen LogP contribution is 2.40. The lowest BCUT2D eigenvalue weighted by Gasteiger charge is -2.21. The number of rotatable bonds is 10. The molecule has 0 aromatic heterocycles. The molecule has 5 rings (SSSR count). The van der Waals surface area contributed by atoms with Crippen LogP contribution in [0.25, 0.3) is 11.6 Å². The fraction of sp³-hybridized carbons (Fsp3) is 0.235. The maximum absolute atomic E-state index is 6.33. The summed E-state index contributed by atoms with van der Waals surface area (Å²) in [6.45, 7) is 3.89. The summed E-state index contributed by atoms with van der Waals surface area (Å²) in [5.74, 6) is 0.803. The molecule has 2 N–H and O–H groups in total. The quantitative estimate of drug-likeness (QED) is 0.138. The van der Waals surface area contributed by atoms with Gasteiger partial charge in [-0.1, -0.05) is 99.0 Å². The van der Waals surface area contributed by atoms with Crippen molar-refractivity contribution in [3.05, 3.63) is 119 Å². The zero-order valence-corrected chi connectivity index (χ0v) is 21.7. The number of nitrogens with zero attached hydrogens (tertiary/aromatic N) is 1. The molecule has 0 amide bonds. The van der Waals surface area contributed by atoms with Crippen LogP contribution in [0.4, 0.5) is 17.1 Å². The molecule has 0 saturated heterocycles. The van der Waals surface area contributed by atoms with E-state index in [2.05, 4.69) is 115 Å². The maximum atomic E-state index is 6.33. The van der Waals surface area contributed by atoms with Crippen LogP contribution in [0, 0.1) is 0 Å². The van der Waals surface area contributed by atoms with Crippen molar-refractivity contribution in [1.82, 2.24) is 0 Å². The van der Waals surface area contributed by atoms with Crippen LogP contribution in [0.15, 0.2) is 97.1 Å². The van der Waals surface area contributed by atoms with Crippen molar-refractivity contribution < 1.29 is 4.74 Å². The van der Waals surface area contributed by atoms with E-state index < -0.39 is 0 Å². The van der Waals surface area contributed by atoms with Gasteiger partial charge in [-0.05, 0) is 64.9 Å². The van der Waals surface area contributed by atoms with Crippen molar-refractivity contribution in [1.29, 1.82) is 0 Å². The molecule has 0 saturated carbocycles. The van der Waals surface area contributed by atoms with Gasteiger partial charge in [0.15, 0.2) is 0 Å². The number of unbranched alkanes of at least 4 members (excludes halogenated alkanes) is 3. The van der Waals surface area contributed by atoms with Gasteiger partial charge in [0.2, 0.25) is 0 Å². The highest BCUT2D eigenvalue weighted by molar-refractivity contribution is 5.91. The van der Waals surface area contributed by atoms with E-state index in [9.17, 15) is 0 Å². The van der Waals surface area contributed by atoms with E-state index in [1.54, 1.807) is 0 Å². The first-order valence-electron chi connectivity index (χ1n) is 13.5. The van der Waals surface area contributed by atoms with Gasteiger partial charge in [0.1, 0.15) is 5.75 Å². The first-order chi connectivity index (χ1) is 18.2. The summed E-state index contributed by atoms with van der Waals surface area (Å²) < 4.78 is 6.08. The molecule has 3 heteroatoms. The Kier molecular flexibility index (Phi) is 7.90. The third-order valence-electron chi connectivity index (χ3n) is 7.05. The smallest absolute Gasteiger partial charge is 0.144 e.